The summed E-state index contributed by atoms with van der Waals surface area (Å²) in [6.45, 7) is 1.74. The van der Waals surface area contributed by atoms with Crippen molar-refractivity contribution in [3.05, 3.63) is 58.7 Å². The van der Waals surface area contributed by atoms with E-state index in [1.807, 2.05) is 18.2 Å². The molecule has 0 unspecified atom stereocenters. The lowest BCUT2D eigenvalue weighted by Crippen LogP contribution is -2.22. The standard InChI is InChI=1S/C17H14N6O3S/c1-10-7-13(22-26-10)19-14(24)9-27-17-20-15-12(8-18-21-15)16(25)23(17)11-5-3-2-4-6-11/h2-8H,9H2,1H3,(H,18,21)(H,19,22,24). The maximum atomic E-state index is 12.9. The first kappa shape index (κ1) is 17.0. The molecule has 0 saturated heterocycles. The quantitative estimate of drug-likeness (QED) is 0.401. The maximum absolute atomic E-state index is 12.9. The van der Waals surface area contributed by atoms with Crippen LogP contribution in [0.25, 0.3) is 16.7 Å². The molecule has 0 bridgehead atoms. The van der Waals surface area contributed by atoms with Gasteiger partial charge >= 0.3 is 0 Å². The number of para-hydroxylation sites is 1. The van der Waals surface area contributed by atoms with Crippen molar-refractivity contribution in [3.8, 4) is 5.69 Å². The zero-order valence-electron chi connectivity index (χ0n) is 14.2. The molecule has 3 heterocycles. The van der Waals surface area contributed by atoms with E-state index in [-0.39, 0.29) is 17.2 Å². The Kier molecular flexibility index (Phi) is 4.47. The Morgan fingerprint density at radius 3 is 2.89 bits per heavy atom. The fourth-order valence-corrected chi connectivity index (χ4v) is 3.32. The summed E-state index contributed by atoms with van der Waals surface area (Å²) in [4.78, 5) is 29.5. The van der Waals surface area contributed by atoms with Gasteiger partial charge in [0, 0.05) is 6.07 Å². The first-order valence-corrected chi connectivity index (χ1v) is 8.98. The highest BCUT2D eigenvalue weighted by Gasteiger charge is 2.16. The number of rotatable bonds is 5. The Bertz CT molecular complexity index is 1160. The number of fused-ring (bicyclic) bond motifs is 1. The summed E-state index contributed by atoms with van der Waals surface area (Å²) < 4.78 is 6.39. The largest absolute Gasteiger partial charge is 0.360 e. The summed E-state index contributed by atoms with van der Waals surface area (Å²) in [5, 5.41) is 13.7. The summed E-state index contributed by atoms with van der Waals surface area (Å²) >= 11 is 1.14. The molecule has 3 aromatic heterocycles. The number of anilines is 1. The van der Waals surface area contributed by atoms with Crippen LogP contribution in [0.1, 0.15) is 5.76 Å². The number of H-pyrrole nitrogens is 1. The van der Waals surface area contributed by atoms with E-state index in [1.165, 1.54) is 10.8 Å². The van der Waals surface area contributed by atoms with E-state index in [0.29, 0.717) is 33.5 Å². The lowest BCUT2D eigenvalue weighted by molar-refractivity contribution is -0.113. The number of hydrogen-bond acceptors (Lipinski definition) is 7. The topological polar surface area (TPSA) is 119 Å². The van der Waals surface area contributed by atoms with Gasteiger partial charge in [-0.05, 0) is 19.1 Å². The zero-order valence-corrected chi connectivity index (χ0v) is 15.0. The van der Waals surface area contributed by atoms with Crippen molar-refractivity contribution in [1.82, 2.24) is 24.9 Å². The highest BCUT2D eigenvalue weighted by atomic mass is 32.2. The van der Waals surface area contributed by atoms with Gasteiger partial charge < -0.3 is 9.84 Å². The van der Waals surface area contributed by atoms with Gasteiger partial charge in [-0.25, -0.2) is 4.98 Å². The van der Waals surface area contributed by atoms with E-state index in [2.05, 4.69) is 25.7 Å². The zero-order chi connectivity index (χ0) is 18.8. The van der Waals surface area contributed by atoms with Gasteiger partial charge in [0.15, 0.2) is 16.6 Å². The molecular weight excluding hydrogens is 368 g/mol. The molecule has 2 N–H and O–H groups in total. The maximum Gasteiger partial charge on any atom is 0.269 e. The predicted octanol–water partition coefficient (Wildman–Crippen LogP) is 2.14. The number of amides is 1. The molecule has 4 aromatic rings. The van der Waals surface area contributed by atoms with Crippen molar-refractivity contribution in [3.63, 3.8) is 0 Å². The van der Waals surface area contributed by atoms with E-state index >= 15 is 0 Å². The minimum atomic E-state index is -0.285. The van der Waals surface area contributed by atoms with Gasteiger partial charge in [-0.3, -0.25) is 19.3 Å². The van der Waals surface area contributed by atoms with Gasteiger partial charge in [0.1, 0.15) is 11.1 Å². The molecule has 9 nitrogen and oxygen atoms in total. The van der Waals surface area contributed by atoms with Crippen LogP contribution in [0.15, 0.2) is 57.1 Å². The fourth-order valence-electron chi connectivity index (χ4n) is 2.51. The number of aromatic nitrogens is 5. The van der Waals surface area contributed by atoms with Gasteiger partial charge in [-0.15, -0.1) is 0 Å². The minimum absolute atomic E-state index is 0.0465. The van der Waals surface area contributed by atoms with Crippen molar-refractivity contribution in [2.45, 2.75) is 12.1 Å². The summed E-state index contributed by atoms with van der Waals surface area (Å²) in [6.07, 6.45) is 1.44. The SMILES string of the molecule is Cc1cc(NC(=O)CSc2nc3[nH]ncc3c(=O)n2-c2ccccc2)no1. The molecule has 27 heavy (non-hydrogen) atoms. The lowest BCUT2D eigenvalue weighted by Gasteiger charge is -2.11. The monoisotopic (exact) mass is 382 g/mol. The highest BCUT2D eigenvalue weighted by Crippen LogP contribution is 2.20. The first-order chi connectivity index (χ1) is 13.1. The number of nitrogens with one attached hydrogen (secondary N) is 2. The number of aromatic amines is 1. The van der Waals surface area contributed by atoms with Crippen LogP contribution in [-0.2, 0) is 4.79 Å². The summed E-state index contributed by atoms with van der Waals surface area (Å²) in [7, 11) is 0. The Hall–Kier alpha value is -3.40. The Morgan fingerprint density at radius 2 is 2.15 bits per heavy atom. The fraction of sp³-hybridized carbons (Fsp3) is 0.118. The van der Waals surface area contributed by atoms with E-state index in [9.17, 15) is 9.59 Å². The van der Waals surface area contributed by atoms with E-state index in [4.69, 9.17) is 4.52 Å². The number of benzene rings is 1. The average Bonchev–Trinajstić information content (AvgIpc) is 3.30. The van der Waals surface area contributed by atoms with Crippen LogP contribution in [0.5, 0.6) is 0 Å². The van der Waals surface area contributed by atoms with Crippen LogP contribution in [0, 0.1) is 6.92 Å². The van der Waals surface area contributed by atoms with Gasteiger partial charge in [0.05, 0.1) is 17.6 Å². The molecule has 1 aromatic carbocycles. The van der Waals surface area contributed by atoms with Gasteiger partial charge in [0.2, 0.25) is 5.91 Å². The van der Waals surface area contributed by atoms with E-state index in [0.717, 1.165) is 11.8 Å². The Balaban J connectivity index is 1.64. The molecule has 10 heteroatoms. The molecular formula is C17H14N6O3S. The molecule has 0 aliphatic carbocycles. The molecule has 0 fully saturated rings. The van der Waals surface area contributed by atoms with E-state index < -0.39 is 0 Å². The second-order valence-corrected chi connectivity index (χ2v) is 6.60. The average molecular weight is 382 g/mol. The molecule has 136 valence electrons. The van der Waals surface area contributed by atoms with E-state index in [1.54, 1.807) is 25.1 Å². The summed E-state index contributed by atoms with van der Waals surface area (Å²) in [6, 6.07) is 10.7. The van der Waals surface area contributed by atoms with Crippen molar-refractivity contribution in [2.24, 2.45) is 0 Å². The van der Waals surface area contributed by atoms with Crippen molar-refractivity contribution < 1.29 is 9.32 Å². The van der Waals surface area contributed by atoms with Gasteiger partial charge in [-0.2, -0.15) is 5.10 Å². The second-order valence-electron chi connectivity index (χ2n) is 5.66. The summed E-state index contributed by atoms with van der Waals surface area (Å²) in [5.41, 5.74) is 0.783. The Labute approximate surface area is 156 Å². The molecule has 0 spiro atoms. The van der Waals surface area contributed by atoms with Crippen LogP contribution in [0.4, 0.5) is 5.82 Å². The molecule has 1 amide bonds. The number of hydrogen-bond donors (Lipinski definition) is 2. The molecule has 4 rings (SSSR count). The number of nitrogens with zero attached hydrogens (tertiary/aromatic N) is 4. The third kappa shape index (κ3) is 3.47. The number of aryl methyl sites for hydroxylation is 1. The lowest BCUT2D eigenvalue weighted by atomic mass is 10.3. The summed E-state index contributed by atoms with van der Waals surface area (Å²) in [5.74, 6) is 0.704. The Morgan fingerprint density at radius 1 is 1.33 bits per heavy atom. The number of thioether (sulfide) groups is 1. The number of carbonyl (C=O) groups excluding carboxylic acids is 1. The third-order valence-electron chi connectivity index (χ3n) is 3.69. The van der Waals surface area contributed by atoms with Crippen LogP contribution in [-0.4, -0.2) is 36.6 Å². The predicted molar refractivity (Wildman–Crippen MR) is 100 cm³/mol. The molecule has 0 aliphatic rings. The van der Waals surface area contributed by atoms with Crippen LogP contribution >= 0.6 is 11.8 Å². The smallest absolute Gasteiger partial charge is 0.269 e. The number of carbonyl (C=O) groups is 1. The first-order valence-electron chi connectivity index (χ1n) is 7.99. The normalized spacial score (nSPS) is 11.0. The van der Waals surface area contributed by atoms with Crippen LogP contribution in [0.3, 0.4) is 0 Å². The molecule has 0 saturated carbocycles. The highest BCUT2D eigenvalue weighted by molar-refractivity contribution is 7.99. The van der Waals surface area contributed by atoms with Gasteiger partial charge in [-0.1, -0.05) is 35.1 Å². The molecule has 0 aliphatic heterocycles. The molecule has 0 atom stereocenters. The van der Waals surface area contributed by atoms with Crippen LogP contribution in [0.2, 0.25) is 0 Å². The second kappa shape index (κ2) is 7.08. The van der Waals surface area contributed by atoms with Crippen molar-refractivity contribution >= 4 is 34.5 Å². The molecule has 0 radical (unpaired) electrons. The van der Waals surface area contributed by atoms with Crippen LogP contribution < -0.4 is 10.9 Å². The van der Waals surface area contributed by atoms with Crippen molar-refractivity contribution in [1.29, 1.82) is 0 Å². The minimum Gasteiger partial charge on any atom is -0.360 e. The van der Waals surface area contributed by atoms with Crippen molar-refractivity contribution in [2.75, 3.05) is 11.1 Å². The third-order valence-corrected chi connectivity index (χ3v) is 4.63. The van der Waals surface area contributed by atoms with Gasteiger partial charge in [0.25, 0.3) is 5.56 Å².